The second-order valence-corrected chi connectivity index (χ2v) is 14.8. The van der Waals surface area contributed by atoms with E-state index in [-0.39, 0.29) is 22.7 Å². The summed E-state index contributed by atoms with van der Waals surface area (Å²) in [5, 5.41) is 8.62. The van der Waals surface area contributed by atoms with Gasteiger partial charge in [0.05, 0.1) is 12.2 Å². The number of ketones is 1. The summed E-state index contributed by atoms with van der Waals surface area (Å²) in [5.41, 5.74) is 5.93. The fourth-order valence-electron chi connectivity index (χ4n) is 6.43. The largest absolute Gasteiger partial charge is 0.363 e. The highest BCUT2D eigenvalue weighted by Gasteiger charge is 2.67. The SMILES string of the molecule is CC(C)(C)[C@H](Nc1nc(-c2cnccn2)cs1)C(=O)N1CC2(CC1C(=O)NC(CC1CCC1)C(=O)C(N)=O)CC2(C)C. The predicted octanol–water partition coefficient (Wildman–Crippen LogP) is 3.17. The van der Waals surface area contributed by atoms with Crippen molar-refractivity contribution in [1.82, 2.24) is 25.2 Å². The Morgan fingerprint density at radius 3 is 2.43 bits per heavy atom. The van der Waals surface area contributed by atoms with Gasteiger partial charge in [-0.25, -0.2) is 4.98 Å². The van der Waals surface area contributed by atoms with Gasteiger partial charge in [-0.2, -0.15) is 0 Å². The number of nitrogens with zero attached hydrogens (tertiary/aromatic N) is 4. The molecule has 2 saturated carbocycles. The molecule has 3 heterocycles. The van der Waals surface area contributed by atoms with E-state index in [2.05, 4.69) is 39.4 Å². The van der Waals surface area contributed by atoms with Crippen LogP contribution < -0.4 is 16.4 Å². The monoisotopic (exact) mass is 595 g/mol. The van der Waals surface area contributed by atoms with Crippen LogP contribution in [0.2, 0.25) is 0 Å². The van der Waals surface area contributed by atoms with Crippen molar-refractivity contribution in [3.8, 4) is 11.4 Å². The smallest absolute Gasteiger partial charge is 0.287 e. The first-order valence-corrected chi connectivity index (χ1v) is 15.5. The first kappa shape index (κ1) is 30.1. The minimum atomic E-state index is -1.06. The molecular weight excluding hydrogens is 554 g/mol. The van der Waals surface area contributed by atoms with E-state index in [0.29, 0.717) is 35.9 Å². The lowest BCUT2D eigenvalue weighted by Crippen LogP contribution is -2.56. The molecule has 3 aliphatic rings. The number of rotatable bonds is 10. The van der Waals surface area contributed by atoms with E-state index in [9.17, 15) is 19.2 Å². The molecule has 1 spiro atoms. The molecule has 4 N–H and O–H groups in total. The fraction of sp³-hybridized carbons (Fsp3) is 0.633. The molecule has 2 aliphatic carbocycles. The zero-order chi connectivity index (χ0) is 30.4. The Bertz CT molecular complexity index is 1370. The van der Waals surface area contributed by atoms with Crippen LogP contribution in [0.25, 0.3) is 11.4 Å². The van der Waals surface area contributed by atoms with Gasteiger partial charge in [0, 0.05) is 24.3 Å². The number of carbonyl (C=O) groups is 4. The van der Waals surface area contributed by atoms with E-state index in [0.717, 1.165) is 25.7 Å². The number of amides is 3. The molecular formula is C30H41N7O4S. The number of hydrogen-bond acceptors (Lipinski definition) is 9. The number of Topliss-reactive ketones (excluding diaryl/α,β-unsaturated/α-hetero) is 1. The Labute approximate surface area is 250 Å². The zero-order valence-corrected chi connectivity index (χ0v) is 25.8. The molecule has 2 aromatic rings. The summed E-state index contributed by atoms with van der Waals surface area (Å²) in [6.07, 6.45) is 9.61. The van der Waals surface area contributed by atoms with Crippen LogP contribution in [0.15, 0.2) is 24.0 Å². The van der Waals surface area contributed by atoms with Crippen LogP contribution in [0, 0.1) is 22.2 Å². The Hall–Kier alpha value is -3.41. The van der Waals surface area contributed by atoms with Gasteiger partial charge in [-0.3, -0.25) is 29.1 Å². The van der Waals surface area contributed by atoms with Crippen LogP contribution in [-0.2, 0) is 19.2 Å². The third kappa shape index (κ3) is 5.91. The second kappa shape index (κ2) is 11.0. The van der Waals surface area contributed by atoms with E-state index in [1.807, 2.05) is 26.2 Å². The molecule has 12 heteroatoms. The number of hydrogen-bond donors (Lipinski definition) is 3. The van der Waals surface area contributed by atoms with Gasteiger partial charge in [-0.1, -0.05) is 53.9 Å². The van der Waals surface area contributed by atoms with Gasteiger partial charge in [-0.15, -0.1) is 11.3 Å². The molecule has 3 unspecified atom stereocenters. The molecule has 4 atom stereocenters. The summed E-state index contributed by atoms with van der Waals surface area (Å²) in [4.78, 5) is 67.5. The number of aromatic nitrogens is 3. The van der Waals surface area contributed by atoms with Crippen LogP contribution in [0.1, 0.15) is 73.1 Å². The van der Waals surface area contributed by atoms with Gasteiger partial charge >= 0.3 is 0 Å². The third-order valence-corrected chi connectivity index (χ3v) is 10.3. The van der Waals surface area contributed by atoms with Crippen molar-refractivity contribution in [2.75, 3.05) is 11.9 Å². The Kier molecular flexibility index (Phi) is 7.88. The van der Waals surface area contributed by atoms with E-state index >= 15 is 0 Å². The Morgan fingerprint density at radius 1 is 1.17 bits per heavy atom. The number of anilines is 1. The third-order valence-electron chi connectivity index (χ3n) is 9.49. The van der Waals surface area contributed by atoms with E-state index < -0.39 is 41.1 Å². The number of primary amides is 1. The lowest BCUT2D eigenvalue weighted by atomic mass is 9.80. The van der Waals surface area contributed by atoms with Crippen molar-refractivity contribution in [2.24, 2.45) is 27.9 Å². The first-order chi connectivity index (χ1) is 19.7. The maximum atomic E-state index is 14.4. The highest BCUT2D eigenvalue weighted by atomic mass is 32.1. The number of carbonyl (C=O) groups excluding carboxylic acids is 4. The minimum Gasteiger partial charge on any atom is -0.363 e. The molecule has 0 radical (unpaired) electrons. The number of thiazole rings is 1. The summed E-state index contributed by atoms with van der Waals surface area (Å²) >= 11 is 1.37. The Morgan fingerprint density at radius 2 is 1.88 bits per heavy atom. The molecule has 1 aliphatic heterocycles. The summed E-state index contributed by atoms with van der Waals surface area (Å²) in [6, 6.07) is -2.42. The van der Waals surface area contributed by atoms with Crippen LogP contribution in [0.4, 0.5) is 5.13 Å². The van der Waals surface area contributed by atoms with Gasteiger partial charge < -0.3 is 21.3 Å². The molecule has 3 amide bonds. The molecule has 0 aromatic carbocycles. The van der Waals surface area contributed by atoms with E-state index in [1.165, 1.54) is 11.3 Å². The van der Waals surface area contributed by atoms with Crippen molar-refractivity contribution in [1.29, 1.82) is 0 Å². The van der Waals surface area contributed by atoms with E-state index in [1.54, 1.807) is 23.5 Å². The molecule has 226 valence electrons. The topological polar surface area (TPSA) is 160 Å². The highest BCUT2D eigenvalue weighted by molar-refractivity contribution is 7.14. The molecule has 42 heavy (non-hydrogen) atoms. The van der Waals surface area contributed by atoms with Crippen molar-refractivity contribution < 1.29 is 19.2 Å². The molecule has 5 rings (SSSR count). The lowest BCUT2D eigenvalue weighted by Gasteiger charge is -2.36. The molecule has 0 bridgehead atoms. The quantitative estimate of drug-likeness (QED) is 0.353. The minimum absolute atomic E-state index is 0.0134. The molecule has 3 fully saturated rings. The summed E-state index contributed by atoms with van der Waals surface area (Å²) in [5.74, 6) is -2.18. The van der Waals surface area contributed by atoms with Crippen molar-refractivity contribution >= 4 is 40.0 Å². The van der Waals surface area contributed by atoms with Crippen LogP contribution in [-0.4, -0.2) is 68.0 Å². The molecule has 2 aromatic heterocycles. The van der Waals surface area contributed by atoms with Crippen LogP contribution in [0.3, 0.4) is 0 Å². The van der Waals surface area contributed by atoms with Crippen LogP contribution >= 0.6 is 11.3 Å². The first-order valence-electron chi connectivity index (χ1n) is 14.6. The number of nitrogens with two attached hydrogens (primary N) is 1. The number of likely N-dealkylation sites (tertiary alicyclic amines) is 1. The normalized spacial score (nSPS) is 24.5. The van der Waals surface area contributed by atoms with Gasteiger partial charge in [0.25, 0.3) is 5.91 Å². The summed E-state index contributed by atoms with van der Waals surface area (Å²) in [6.45, 7) is 10.7. The van der Waals surface area contributed by atoms with Gasteiger partial charge in [0.2, 0.25) is 17.6 Å². The molecule has 11 nitrogen and oxygen atoms in total. The molecule has 1 saturated heterocycles. The van der Waals surface area contributed by atoms with Gasteiger partial charge in [-0.05, 0) is 41.4 Å². The van der Waals surface area contributed by atoms with Gasteiger partial charge in [0.15, 0.2) is 5.13 Å². The lowest BCUT2D eigenvalue weighted by molar-refractivity contribution is -0.142. The maximum absolute atomic E-state index is 14.4. The number of nitrogens with one attached hydrogen (secondary N) is 2. The maximum Gasteiger partial charge on any atom is 0.287 e. The average Bonchev–Trinajstić information content (AvgIpc) is 3.27. The van der Waals surface area contributed by atoms with Crippen LogP contribution in [0.5, 0.6) is 0 Å². The summed E-state index contributed by atoms with van der Waals surface area (Å²) in [7, 11) is 0. The standard InChI is InChI=1S/C30H41N7O4S/c1-28(2,3)23(36-27-35-20(14-42-27)19-13-32-9-10-33-19)26(41)37-16-30(15-29(30,4)5)12-21(37)25(40)34-18(22(38)24(31)39)11-17-7-6-8-17/h9-10,13-14,17-18,21,23H,6-8,11-12,15-16H2,1-5H3,(H2,31,39)(H,34,40)(H,35,36)/t18?,21?,23-,30?/m1/s1. The second-order valence-electron chi connectivity index (χ2n) is 13.9. The highest BCUT2D eigenvalue weighted by Crippen LogP contribution is 2.69. The van der Waals surface area contributed by atoms with Crippen molar-refractivity contribution in [3.05, 3.63) is 24.0 Å². The fourth-order valence-corrected chi connectivity index (χ4v) is 7.16. The Balaban J connectivity index is 1.38. The van der Waals surface area contributed by atoms with E-state index in [4.69, 9.17) is 5.73 Å². The average molecular weight is 596 g/mol. The summed E-state index contributed by atoms with van der Waals surface area (Å²) < 4.78 is 0. The van der Waals surface area contributed by atoms with Gasteiger partial charge in [0.1, 0.15) is 23.5 Å². The van der Waals surface area contributed by atoms with Crippen molar-refractivity contribution in [3.63, 3.8) is 0 Å². The zero-order valence-electron chi connectivity index (χ0n) is 25.0. The predicted molar refractivity (Wildman–Crippen MR) is 159 cm³/mol. The van der Waals surface area contributed by atoms with Crippen molar-refractivity contribution in [2.45, 2.75) is 91.3 Å².